The number of hydrogen-bond acceptors (Lipinski definition) is 3. The van der Waals surface area contributed by atoms with Crippen LogP contribution in [0.25, 0.3) is 0 Å². The fraction of sp³-hybridized carbons (Fsp3) is 0.615. The smallest absolute Gasteiger partial charge is 0.0436 e. The van der Waals surface area contributed by atoms with Crippen molar-refractivity contribution in [3.05, 3.63) is 29.6 Å². The Morgan fingerprint density at radius 1 is 1.50 bits per heavy atom. The normalized spacial score (nSPS) is 17.4. The van der Waals surface area contributed by atoms with Crippen molar-refractivity contribution in [2.45, 2.75) is 32.7 Å². The zero-order valence-electron chi connectivity index (χ0n) is 9.87. The Morgan fingerprint density at radius 3 is 2.94 bits per heavy atom. The van der Waals surface area contributed by atoms with Gasteiger partial charge < -0.3 is 10.4 Å². The van der Waals surface area contributed by atoms with Crippen LogP contribution >= 0.6 is 0 Å². The minimum Gasteiger partial charge on any atom is -0.396 e. The van der Waals surface area contributed by atoms with Crippen LogP contribution in [0.5, 0.6) is 0 Å². The molecule has 3 nitrogen and oxygen atoms in total. The molecule has 2 N–H and O–H groups in total. The molecule has 0 aliphatic heterocycles. The van der Waals surface area contributed by atoms with Crippen molar-refractivity contribution in [1.82, 2.24) is 10.3 Å². The first-order valence-electron chi connectivity index (χ1n) is 5.97. The number of pyridine rings is 1. The van der Waals surface area contributed by atoms with Gasteiger partial charge in [-0.25, -0.2) is 0 Å². The van der Waals surface area contributed by atoms with Gasteiger partial charge in [0.15, 0.2) is 0 Å². The molecule has 0 bridgehead atoms. The first kappa shape index (κ1) is 11.6. The molecule has 16 heavy (non-hydrogen) atoms. The van der Waals surface area contributed by atoms with Crippen LogP contribution in [0.3, 0.4) is 0 Å². The predicted octanol–water partition coefficient (Wildman–Crippen LogP) is 1.64. The summed E-state index contributed by atoms with van der Waals surface area (Å²) in [7, 11) is 0. The summed E-state index contributed by atoms with van der Waals surface area (Å²) >= 11 is 0. The molecular weight excluding hydrogens is 200 g/mol. The number of nitrogens with zero attached hydrogens (tertiary/aromatic N) is 1. The maximum Gasteiger partial charge on any atom is 0.0436 e. The lowest BCUT2D eigenvalue weighted by Crippen LogP contribution is -2.24. The van der Waals surface area contributed by atoms with Gasteiger partial charge in [-0.2, -0.15) is 0 Å². The Hall–Kier alpha value is -0.930. The second-order valence-corrected chi connectivity index (χ2v) is 4.88. The number of aliphatic hydroxyl groups is 1. The highest BCUT2D eigenvalue weighted by Gasteiger charge is 2.41. The van der Waals surface area contributed by atoms with E-state index in [1.165, 1.54) is 24.0 Å². The summed E-state index contributed by atoms with van der Waals surface area (Å²) in [5.41, 5.74) is 2.95. The van der Waals surface area contributed by atoms with Crippen LogP contribution in [0.4, 0.5) is 0 Å². The molecule has 1 aliphatic carbocycles. The first-order chi connectivity index (χ1) is 7.76. The summed E-state index contributed by atoms with van der Waals surface area (Å²) in [4.78, 5) is 4.13. The number of nitrogens with one attached hydrogen (secondary N) is 1. The maximum atomic E-state index is 8.96. The summed E-state index contributed by atoms with van der Waals surface area (Å²) < 4.78 is 0. The lowest BCUT2D eigenvalue weighted by Gasteiger charge is -2.15. The number of aliphatic hydroxyl groups excluding tert-OH is 1. The first-order valence-corrected chi connectivity index (χ1v) is 5.97. The van der Waals surface area contributed by atoms with Crippen LogP contribution in [-0.2, 0) is 6.54 Å². The summed E-state index contributed by atoms with van der Waals surface area (Å²) in [6.45, 7) is 4.32. The molecule has 0 unspecified atom stereocenters. The van der Waals surface area contributed by atoms with Crippen LogP contribution in [0, 0.1) is 12.3 Å². The van der Waals surface area contributed by atoms with E-state index in [1.807, 2.05) is 18.5 Å². The Morgan fingerprint density at radius 2 is 2.31 bits per heavy atom. The van der Waals surface area contributed by atoms with E-state index in [0.717, 1.165) is 19.5 Å². The summed E-state index contributed by atoms with van der Waals surface area (Å²) in [6.07, 6.45) is 7.20. The van der Waals surface area contributed by atoms with E-state index in [0.29, 0.717) is 12.0 Å². The molecule has 3 heteroatoms. The van der Waals surface area contributed by atoms with E-state index in [-0.39, 0.29) is 0 Å². The van der Waals surface area contributed by atoms with Crippen LogP contribution in [0.15, 0.2) is 18.5 Å². The molecule has 0 atom stereocenters. The van der Waals surface area contributed by atoms with Crippen molar-refractivity contribution < 1.29 is 5.11 Å². The number of rotatable bonds is 6. The molecule has 1 fully saturated rings. The molecule has 0 amide bonds. The second kappa shape index (κ2) is 4.93. The van der Waals surface area contributed by atoms with E-state index in [1.54, 1.807) is 0 Å². The molecular formula is C13H20N2O. The minimum absolute atomic E-state index is 0.313. The van der Waals surface area contributed by atoms with Crippen LogP contribution in [-0.4, -0.2) is 23.2 Å². The van der Waals surface area contributed by atoms with Crippen molar-refractivity contribution in [3.63, 3.8) is 0 Å². The topological polar surface area (TPSA) is 45.2 Å². The van der Waals surface area contributed by atoms with Crippen LogP contribution in [0.2, 0.25) is 0 Å². The Balaban J connectivity index is 1.78. The number of hydrogen-bond donors (Lipinski definition) is 2. The SMILES string of the molecule is Cc1ccncc1CNCC1(CCO)CC1. The van der Waals surface area contributed by atoms with Crippen molar-refractivity contribution in [1.29, 1.82) is 0 Å². The zero-order chi connectivity index (χ0) is 11.4. The third kappa shape index (κ3) is 2.80. The molecule has 0 saturated heterocycles. The van der Waals surface area contributed by atoms with Crippen molar-refractivity contribution in [2.75, 3.05) is 13.2 Å². The van der Waals surface area contributed by atoms with Crippen molar-refractivity contribution in [3.8, 4) is 0 Å². The summed E-state index contributed by atoms with van der Waals surface area (Å²) in [5.74, 6) is 0. The average molecular weight is 220 g/mol. The van der Waals surface area contributed by atoms with Gasteiger partial charge in [0.25, 0.3) is 0 Å². The summed E-state index contributed by atoms with van der Waals surface area (Å²) in [6, 6.07) is 2.04. The molecule has 88 valence electrons. The molecule has 1 aliphatic rings. The fourth-order valence-corrected chi connectivity index (χ4v) is 2.07. The second-order valence-electron chi connectivity index (χ2n) is 4.88. The van der Waals surface area contributed by atoms with Gasteiger partial charge in [0, 0.05) is 32.1 Å². The van der Waals surface area contributed by atoms with Gasteiger partial charge in [0.1, 0.15) is 0 Å². The van der Waals surface area contributed by atoms with E-state index < -0.39 is 0 Å². The van der Waals surface area contributed by atoms with Gasteiger partial charge in [-0.1, -0.05) is 0 Å². The van der Waals surface area contributed by atoms with E-state index >= 15 is 0 Å². The van der Waals surface area contributed by atoms with E-state index in [2.05, 4.69) is 17.2 Å². The van der Waals surface area contributed by atoms with E-state index in [4.69, 9.17) is 5.11 Å². The monoisotopic (exact) mass is 220 g/mol. The molecule has 0 radical (unpaired) electrons. The molecule has 0 aromatic carbocycles. The van der Waals surface area contributed by atoms with Crippen LogP contribution in [0.1, 0.15) is 30.4 Å². The van der Waals surface area contributed by atoms with Crippen LogP contribution < -0.4 is 5.32 Å². The third-order valence-electron chi connectivity index (χ3n) is 3.56. The third-order valence-corrected chi connectivity index (χ3v) is 3.56. The quantitative estimate of drug-likeness (QED) is 0.766. The summed E-state index contributed by atoms with van der Waals surface area (Å²) in [5, 5.41) is 12.4. The molecule has 1 saturated carbocycles. The Bertz CT molecular complexity index is 348. The lowest BCUT2D eigenvalue weighted by atomic mass is 10.0. The van der Waals surface area contributed by atoms with Crippen molar-refractivity contribution in [2.24, 2.45) is 5.41 Å². The fourth-order valence-electron chi connectivity index (χ4n) is 2.07. The van der Waals surface area contributed by atoms with Gasteiger partial charge in [-0.3, -0.25) is 4.98 Å². The van der Waals surface area contributed by atoms with Gasteiger partial charge in [0.2, 0.25) is 0 Å². The highest BCUT2D eigenvalue weighted by atomic mass is 16.3. The zero-order valence-corrected chi connectivity index (χ0v) is 9.87. The Kier molecular flexibility index (Phi) is 3.56. The Labute approximate surface area is 96.9 Å². The van der Waals surface area contributed by atoms with Gasteiger partial charge in [-0.05, 0) is 48.8 Å². The molecule has 1 aromatic heterocycles. The largest absolute Gasteiger partial charge is 0.396 e. The van der Waals surface area contributed by atoms with Gasteiger partial charge in [0.05, 0.1) is 0 Å². The number of aromatic nitrogens is 1. The highest BCUT2D eigenvalue weighted by molar-refractivity contribution is 5.21. The molecule has 1 aromatic rings. The minimum atomic E-state index is 0.313. The van der Waals surface area contributed by atoms with Gasteiger partial charge >= 0.3 is 0 Å². The maximum absolute atomic E-state index is 8.96. The lowest BCUT2D eigenvalue weighted by molar-refractivity contribution is 0.245. The molecule has 2 rings (SSSR count). The van der Waals surface area contributed by atoms with Gasteiger partial charge in [-0.15, -0.1) is 0 Å². The standard InChI is InChI=1S/C13H20N2O/c1-11-2-6-14-8-12(11)9-15-10-13(3-4-13)5-7-16/h2,6,8,15-16H,3-5,7,9-10H2,1H3. The highest BCUT2D eigenvalue weighted by Crippen LogP contribution is 2.47. The van der Waals surface area contributed by atoms with Crippen molar-refractivity contribution >= 4 is 0 Å². The molecule has 0 spiro atoms. The predicted molar refractivity (Wildman–Crippen MR) is 64.1 cm³/mol. The average Bonchev–Trinajstić information content (AvgIpc) is 3.02. The van der Waals surface area contributed by atoms with E-state index in [9.17, 15) is 0 Å². The molecule has 1 heterocycles. The number of aryl methyl sites for hydroxylation is 1.